The molecule has 0 saturated carbocycles. The summed E-state index contributed by atoms with van der Waals surface area (Å²) in [5, 5.41) is 2.97. The van der Waals surface area contributed by atoms with Gasteiger partial charge >= 0.3 is 0 Å². The van der Waals surface area contributed by atoms with Crippen LogP contribution in [0.4, 0.5) is 5.69 Å². The summed E-state index contributed by atoms with van der Waals surface area (Å²) in [6.07, 6.45) is 4.89. The monoisotopic (exact) mass is 588 g/mol. The largest absolute Gasteiger partial charge is 0.493 e. The Morgan fingerprint density at radius 2 is 1.74 bits per heavy atom. The van der Waals surface area contributed by atoms with Gasteiger partial charge in [-0.3, -0.25) is 9.69 Å². The fourth-order valence-electron chi connectivity index (χ4n) is 5.57. The first-order chi connectivity index (χ1) is 20.2. The maximum Gasteiger partial charge on any atom is 0.251 e. The molecule has 42 heavy (non-hydrogen) atoms. The third-order valence-electron chi connectivity index (χ3n) is 8.03. The van der Waals surface area contributed by atoms with Gasteiger partial charge in [-0.15, -0.1) is 0 Å². The van der Waals surface area contributed by atoms with Crippen LogP contribution >= 0.6 is 0 Å². The van der Waals surface area contributed by atoms with Crippen molar-refractivity contribution in [1.82, 2.24) is 4.90 Å². The van der Waals surface area contributed by atoms with Gasteiger partial charge in [-0.1, -0.05) is 31.2 Å². The molecule has 2 aliphatic heterocycles. The van der Waals surface area contributed by atoms with Gasteiger partial charge in [0.2, 0.25) is 0 Å². The summed E-state index contributed by atoms with van der Waals surface area (Å²) in [6, 6.07) is 19.7. The Bertz CT molecular complexity index is 1560. The highest BCUT2D eigenvalue weighted by molar-refractivity contribution is 7.91. The van der Waals surface area contributed by atoms with Crippen LogP contribution in [0.2, 0.25) is 0 Å². The second kappa shape index (κ2) is 13.2. The number of hydrogen-bond donors (Lipinski definition) is 1. The number of hydrogen-bond acceptors (Lipinski definition) is 6. The van der Waals surface area contributed by atoms with Crippen molar-refractivity contribution in [2.45, 2.75) is 57.0 Å². The Balaban J connectivity index is 1.32. The maximum absolute atomic E-state index is 13.3. The number of fused-ring (bicyclic) bond motifs is 1. The van der Waals surface area contributed by atoms with Crippen LogP contribution < -0.4 is 10.1 Å². The van der Waals surface area contributed by atoms with Crippen LogP contribution in [0.25, 0.3) is 17.2 Å². The van der Waals surface area contributed by atoms with Gasteiger partial charge in [0.25, 0.3) is 5.91 Å². The van der Waals surface area contributed by atoms with Crippen LogP contribution in [0, 0.1) is 6.92 Å². The lowest BCUT2D eigenvalue weighted by atomic mass is 9.99. The van der Waals surface area contributed by atoms with Crippen molar-refractivity contribution in [3.8, 4) is 16.9 Å². The molecule has 0 aromatic heterocycles. The van der Waals surface area contributed by atoms with Crippen LogP contribution in [0.3, 0.4) is 0 Å². The fourth-order valence-corrected chi connectivity index (χ4v) is 7.03. The van der Waals surface area contributed by atoms with E-state index in [0.29, 0.717) is 29.5 Å². The lowest BCUT2D eigenvalue weighted by Gasteiger charge is -2.31. The average molecular weight is 589 g/mol. The normalized spacial score (nSPS) is 16.8. The van der Waals surface area contributed by atoms with Crippen molar-refractivity contribution in [3.63, 3.8) is 0 Å². The van der Waals surface area contributed by atoms with Crippen LogP contribution in [0.5, 0.6) is 5.75 Å². The number of aryl methyl sites for hydroxylation is 1. The van der Waals surface area contributed by atoms with E-state index < -0.39 is 9.84 Å². The van der Waals surface area contributed by atoms with Crippen LogP contribution in [-0.2, 0) is 25.9 Å². The van der Waals surface area contributed by atoms with E-state index in [4.69, 9.17) is 9.47 Å². The van der Waals surface area contributed by atoms with Gasteiger partial charge in [0.15, 0.2) is 9.84 Å². The minimum absolute atomic E-state index is 0.112. The minimum Gasteiger partial charge on any atom is -0.493 e. The number of carbonyl (C=O) groups is 1. The highest BCUT2D eigenvalue weighted by Crippen LogP contribution is 2.33. The first-order valence-corrected chi connectivity index (χ1v) is 16.4. The molecule has 0 spiro atoms. The van der Waals surface area contributed by atoms with Crippen molar-refractivity contribution in [3.05, 3.63) is 82.9 Å². The molecule has 8 heteroatoms. The van der Waals surface area contributed by atoms with Crippen LogP contribution in [-0.4, -0.2) is 57.9 Å². The van der Waals surface area contributed by atoms with E-state index in [1.807, 2.05) is 61.5 Å². The molecule has 3 aromatic carbocycles. The standard InChI is InChI=1S/C34H40N2O5S/c1-4-16-41-32-11-7-26(20-24(32)2)27-8-12-33-29(21-27)22-28(15-19-42(33,38)39)34(37)35-30-9-5-25(6-10-30)23-36(3)31-13-17-40-18-14-31/h5-12,20-22,31H,4,13-19,23H2,1-3H3,(H,35,37). The molecule has 5 rings (SSSR count). The number of anilines is 1. The molecule has 1 N–H and O–H groups in total. The van der Waals surface area contributed by atoms with Gasteiger partial charge < -0.3 is 14.8 Å². The molecule has 3 aromatic rings. The average Bonchev–Trinajstić information content (AvgIpc) is 3.13. The SMILES string of the molecule is CCCOc1ccc(-c2ccc3c(c2)C=C(C(=O)Nc2ccc(CN(C)C4CCOCC4)cc2)CCS3(=O)=O)cc1C. The zero-order valence-electron chi connectivity index (χ0n) is 24.7. The molecule has 0 unspecified atom stereocenters. The van der Waals surface area contributed by atoms with Crippen molar-refractivity contribution in [1.29, 1.82) is 0 Å². The van der Waals surface area contributed by atoms with Crippen LogP contribution in [0.15, 0.2) is 71.1 Å². The van der Waals surface area contributed by atoms with Gasteiger partial charge in [0.1, 0.15) is 5.75 Å². The van der Waals surface area contributed by atoms with Crippen molar-refractivity contribution >= 4 is 27.5 Å². The predicted octanol–water partition coefficient (Wildman–Crippen LogP) is 6.26. The number of ether oxygens (including phenoxy) is 2. The van der Waals surface area contributed by atoms with Gasteiger partial charge in [0, 0.05) is 37.1 Å². The van der Waals surface area contributed by atoms with E-state index in [-0.39, 0.29) is 23.0 Å². The fraction of sp³-hybridized carbons (Fsp3) is 0.382. The quantitative estimate of drug-likeness (QED) is 0.318. The zero-order valence-corrected chi connectivity index (χ0v) is 25.5. The lowest BCUT2D eigenvalue weighted by molar-refractivity contribution is -0.112. The number of nitrogens with one attached hydrogen (secondary N) is 1. The van der Waals surface area contributed by atoms with Crippen molar-refractivity contribution in [2.75, 3.05) is 37.9 Å². The third-order valence-corrected chi connectivity index (χ3v) is 9.82. The summed E-state index contributed by atoms with van der Waals surface area (Å²) in [6.45, 7) is 7.18. The summed E-state index contributed by atoms with van der Waals surface area (Å²) >= 11 is 0. The second-order valence-electron chi connectivity index (χ2n) is 11.2. The number of sulfone groups is 1. The van der Waals surface area contributed by atoms with E-state index in [0.717, 1.165) is 61.5 Å². The molecular formula is C34H40N2O5S. The Hall–Kier alpha value is -3.46. The molecule has 0 aliphatic carbocycles. The van der Waals surface area contributed by atoms with Gasteiger partial charge in [-0.25, -0.2) is 8.42 Å². The van der Waals surface area contributed by atoms with Crippen molar-refractivity contribution < 1.29 is 22.7 Å². The number of amides is 1. The molecule has 0 atom stereocenters. The molecule has 2 aliphatic rings. The van der Waals surface area contributed by atoms with E-state index in [1.54, 1.807) is 12.1 Å². The molecule has 222 valence electrons. The van der Waals surface area contributed by atoms with Crippen LogP contribution in [0.1, 0.15) is 49.3 Å². The number of nitrogens with zero attached hydrogens (tertiary/aromatic N) is 1. The third kappa shape index (κ3) is 7.12. The molecule has 1 amide bonds. The molecule has 2 heterocycles. The number of rotatable bonds is 9. The van der Waals surface area contributed by atoms with E-state index in [9.17, 15) is 13.2 Å². The Labute approximate surface area is 249 Å². The first kappa shape index (κ1) is 30.0. The molecular weight excluding hydrogens is 548 g/mol. The Morgan fingerprint density at radius 1 is 1.02 bits per heavy atom. The number of benzene rings is 3. The maximum atomic E-state index is 13.3. The summed E-state index contributed by atoms with van der Waals surface area (Å²) in [7, 11) is -1.39. The van der Waals surface area contributed by atoms with Gasteiger partial charge in [-0.05, 0) is 110 Å². The van der Waals surface area contributed by atoms with E-state index in [1.165, 1.54) is 5.56 Å². The molecule has 1 saturated heterocycles. The molecule has 1 fully saturated rings. The highest BCUT2D eigenvalue weighted by Gasteiger charge is 2.25. The van der Waals surface area contributed by atoms with Gasteiger partial charge in [0.05, 0.1) is 17.3 Å². The Morgan fingerprint density at radius 3 is 2.45 bits per heavy atom. The second-order valence-corrected chi connectivity index (χ2v) is 13.3. The summed E-state index contributed by atoms with van der Waals surface area (Å²) in [4.78, 5) is 15.9. The summed E-state index contributed by atoms with van der Waals surface area (Å²) in [5.74, 6) is 0.443. The number of carbonyl (C=O) groups excluding carboxylic acids is 1. The van der Waals surface area contributed by atoms with E-state index in [2.05, 4.69) is 24.2 Å². The topological polar surface area (TPSA) is 84.9 Å². The minimum atomic E-state index is -3.53. The molecule has 0 bridgehead atoms. The smallest absolute Gasteiger partial charge is 0.251 e. The van der Waals surface area contributed by atoms with E-state index >= 15 is 0 Å². The molecule has 7 nitrogen and oxygen atoms in total. The Kier molecular flexibility index (Phi) is 9.46. The summed E-state index contributed by atoms with van der Waals surface area (Å²) in [5.41, 5.74) is 5.68. The molecule has 0 radical (unpaired) electrons. The first-order valence-electron chi connectivity index (χ1n) is 14.7. The van der Waals surface area contributed by atoms with Crippen molar-refractivity contribution in [2.24, 2.45) is 0 Å². The predicted molar refractivity (Wildman–Crippen MR) is 167 cm³/mol. The summed E-state index contributed by atoms with van der Waals surface area (Å²) < 4.78 is 37.5. The highest BCUT2D eigenvalue weighted by atomic mass is 32.2. The zero-order chi connectivity index (χ0) is 29.7. The van der Waals surface area contributed by atoms with Gasteiger partial charge in [-0.2, -0.15) is 0 Å². The lowest BCUT2D eigenvalue weighted by Crippen LogP contribution is -2.36.